The van der Waals surface area contributed by atoms with Crippen LogP contribution in [0.15, 0.2) is 97.5 Å². The Bertz CT molecular complexity index is 2190. The number of nitrogens with zero attached hydrogens (tertiary/aromatic N) is 8. The highest BCUT2D eigenvalue weighted by Crippen LogP contribution is 2.40. The van der Waals surface area contributed by atoms with Gasteiger partial charge in [0.25, 0.3) is 0 Å². The molecule has 15 heteroatoms. The molecule has 2 aliphatic rings. The minimum atomic E-state index is -1.12. The van der Waals surface area contributed by atoms with Gasteiger partial charge in [-0.25, -0.2) is 9.78 Å². The summed E-state index contributed by atoms with van der Waals surface area (Å²) in [4.78, 5) is 31.2. The van der Waals surface area contributed by atoms with Crippen molar-refractivity contribution in [3.05, 3.63) is 120 Å². The summed E-state index contributed by atoms with van der Waals surface area (Å²) in [5.74, 6) is 1.16. The second-order valence-corrected chi connectivity index (χ2v) is 14.2. The van der Waals surface area contributed by atoms with Gasteiger partial charge < -0.3 is 40.7 Å². The molecule has 3 aromatic heterocycles. The molecule has 1 saturated heterocycles. The Morgan fingerprint density at radius 2 is 1.69 bits per heavy atom. The van der Waals surface area contributed by atoms with Crippen molar-refractivity contribution in [2.75, 3.05) is 29.9 Å². The van der Waals surface area contributed by atoms with Gasteiger partial charge in [0.05, 0.1) is 24.3 Å². The van der Waals surface area contributed by atoms with E-state index >= 15 is 0 Å². The fraction of sp³-hybridized carbons (Fsp3) is 0.350. The number of hydrogen-bond acceptors (Lipinski definition) is 11. The Labute approximate surface area is 318 Å². The van der Waals surface area contributed by atoms with Crippen molar-refractivity contribution in [2.24, 2.45) is 0 Å². The third kappa shape index (κ3) is 7.66. The van der Waals surface area contributed by atoms with Crippen LogP contribution < -0.4 is 20.9 Å². The van der Waals surface area contributed by atoms with E-state index in [1.807, 2.05) is 58.9 Å². The predicted octanol–water partition coefficient (Wildman–Crippen LogP) is 3.92. The van der Waals surface area contributed by atoms with E-state index in [0.717, 1.165) is 22.4 Å². The van der Waals surface area contributed by atoms with E-state index in [2.05, 4.69) is 50.4 Å². The van der Waals surface area contributed by atoms with E-state index < -0.39 is 24.3 Å². The van der Waals surface area contributed by atoms with Crippen LogP contribution in [0.1, 0.15) is 60.2 Å². The number of imidazole rings is 1. The molecule has 1 unspecified atom stereocenters. The SMILES string of the molecule is CCc1cnn([C@H]2C[C@@H](n3cnc4c(NCC(c5ccccc5)c5ccccc5)nc(N5CCC(NC(=O)NCc6cccc(O)c6)C5)nc43)[C@H](O)[C@@H]2O)n1. The van der Waals surface area contributed by atoms with Crippen LogP contribution in [0.25, 0.3) is 11.2 Å². The minimum absolute atomic E-state index is 0.0128. The lowest BCUT2D eigenvalue weighted by atomic mass is 9.91. The second-order valence-electron chi connectivity index (χ2n) is 14.2. The summed E-state index contributed by atoms with van der Waals surface area (Å²) in [6.45, 7) is 3.87. The summed E-state index contributed by atoms with van der Waals surface area (Å²) in [7, 11) is 0. The molecular formula is C40H45N11O4. The fourth-order valence-corrected chi connectivity index (χ4v) is 7.68. The Balaban J connectivity index is 1.07. The maximum atomic E-state index is 12.9. The second kappa shape index (κ2) is 15.7. The molecule has 6 aromatic rings. The quantitative estimate of drug-likeness (QED) is 0.107. The summed E-state index contributed by atoms with van der Waals surface area (Å²) in [6, 6.07) is 25.9. The first-order chi connectivity index (χ1) is 26.8. The smallest absolute Gasteiger partial charge is 0.315 e. The molecule has 2 amide bonds. The largest absolute Gasteiger partial charge is 0.508 e. The van der Waals surface area contributed by atoms with Gasteiger partial charge in [0.1, 0.15) is 24.0 Å². The first kappa shape index (κ1) is 35.9. The van der Waals surface area contributed by atoms with E-state index in [-0.39, 0.29) is 30.3 Å². The van der Waals surface area contributed by atoms with Crippen molar-refractivity contribution < 1.29 is 20.1 Å². The van der Waals surface area contributed by atoms with E-state index in [1.54, 1.807) is 30.7 Å². The number of hydrogen-bond donors (Lipinski definition) is 6. The van der Waals surface area contributed by atoms with Gasteiger partial charge in [0.15, 0.2) is 17.0 Å². The number of phenols is 1. The zero-order valence-electron chi connectivity index (χ0n) is 30.5. The van der Waals surface area contributed by atoms with E-state index in [1.165, 1.54) is 4.80 Å². The van der Waals surface area contributed by atoms with Crippen LogP contribution >= 0.6 is 0 Å². The van der Waals surface area contributed by atoms with Crippen molar-refractivity contribution in [3.63, 3.8) is 0 Å². The maximum absolute atomic E-state index is 12.9. The van der Waals surface area contributed by atoms with Gasteiger partial charge in [-0.2, -0.15) is 25.0 Å². The summed E-state index contributed by atoms with van der Waals surface area (Å²) < 4.78 is 1.83. The summed E-state index contributed by atoms with van der Waals surface area (Å²) in [6.07, 6.45) is 2.88. The van der Waals surface area contributed by atoms with Gasteiger partial charge in [-0.15, -0.1) is 0 Å². The Morgan fingerprint density at radius 3 is 2.40 bits per heavy atom. The molecule has 0 radical (unpaired) electrons. The van der Waals surface area contributed by atoms with Gasteiger partial charge in [-0.3, -0.25) is 0 Å². The standard InChI is InChI=1S/C40H45N11O4/c1-2-28-21-44-51(48-28)33-19-32(35(53)36(33)54)50-24-43-34-37(41-22-31(26-11-5-3-6-12-26)27-13-7-4-8-14-27)46-39(47-38(34)50)49-17-16-29(23-49)45-40(55)42-20-25-10-9-15-30(52)18-25/h3-15,18,21,24,29,31-33,35-36,52-54H,2,16-17,19-20,22-23H2,1H3,(H,41,46,47)(H2,42,45,55)/t29?,32-,33+,35+,36-/m1/s1. The number of urea groups is 1. The number of carbonyl (C=O) groups excluding carboxylic acids is 1. The molecule has 1 saturated carbocycles. The van der Waals surface area contributed by atoms with E-state index in [4.69, 9.17) is 15.0 Å². The number of aryl methyl sites for hydroxylation is 1. The number of aliphatic hydroxyl groups excluding tert-OH is 2. The molecule has 284 valence electrons. The Hall–Kier alpha value is -6.06. The van der Waals surface area contributed by atoms with Crippen molar-refractivity contribution in [1.29, 1.82) is 0 Å². The first-order valence-electron chi connectivity index (χ1n) is 18.8. The van der Waals surface area contributed by atoms with Gasteiger partial charge >= 0.3 is 6.03 Å². The molecule has 0 bridgehead atoms. The number of nitrogens with one attached hydrogen (secondary N) is 3. The van der Waals surface area contributed by atoms with Gasteiger partial charge in [0.2, 0.25) is 5.95 Å². The normalized spacial score (nSPS) is 21.0. The number of phenolic OH excluding ortho intramolecular Hbond substituents is 1. The summed E-state index contributed by atoms with van der Waals surface area (Å²) in [5, 5.41) is 50.8. The first-order valence-corrected chi connectivity index (χ1v) is 18.8. The molecule has 8 rings (SSSR count). The van der Waals surface area contributed by atoms with Crippen LogP contribution in [0.2, 0.25) is 0 Å². The number of anilines is 2. The monoisotopic (exact) mass is 743 g/mol. The van der Waals surface area contributed by atoms with E-state index in [9.17, 15) is 20.1 Å². The van der Waals surface area contributed by atoms with Crippen molar-refractivity contribution in [1.82, 2.24) is 45.1 Å². The lowest BCUT2D eigenvalue weighted by Crippen LogP contribution is -2.43. The molecule has 55 heavy (non-hydrogen) atoms. The highest BCUT2D eigenvalue weighted by atomic mass is 16.3. The van der Waals surface area contributed by atoms with Crippen LogP contribution in [0, 0.1) is 0 Å². The fourth-order valence-electron chi connectivity index (χ4n) is 7.68. The molecular weight excluding hydrogens is 699 g/mol. The van der Waals surface area contributed by atoms with E-state index in [0.29, 0.717) is 61.8 Å². The third-order valence-corrected chi connectivity index (χ3v) is 10.7. The molecule has 5 atom stereocenters. The third-order valence-electron chi connectivity index (χ3n) is 10.7. The number of fused-ring (bicyclic) bond motifs is 1. The van der Waals surface area contributed by atoms with Gasteiger partial charge in [0, 0.05) is 38.1 Å². The van der Waals surface area contributed by atoms with Crippen LogP contribution in [-0.4, -0.2) is 93.7 Å². The number of amides is 2. The molecule has 15 nitrogen and oxygen atoms in total. The topological polar surface area (TPSA) is 191 Å². The van der Waals surface area contributed by atoms with Crippen molar-refractivity contribution in [3.8, 4) is 5.75 Å². The summed E-state index contributed by atoms with van der Waals surface area (Å²) >= 11 is 0. The Morgan fingerprint density at radius 1 is 0.945 bits per heavy atom. The van der Waals surface area contributed by atoms with Crippen LogP contribution in [0.4, 0.5) is 16.6 Å². The van der Waals surface area contributed by atoms with Gasteiger partial charge in [-0.1, -0.05) is 79.7 Å². The zero-order valence-corrected chi connectivity index (χ0v) is 30.5. The molecule has 0 spiro atoms. The molecule has 1 aliphatic heterocycles. The van der Waals surface area contributed by atoms with Crippen LogP contribution in [-0.2, 0) is 13.0 Å². The Kier molecular flexibility index (Phi) is 10.3. The molecule has 3 aromatic carbocycles. The number of rotatable bonds is 12. The molecule has 6 N–H and O–H groups in total. The van der Waals surface area contributed by atoms with Crippen LogP contribution in [0.5, 0.6) is 5.75 Å². The lowest BCUT2D eigenvalue weighted by Gasteiger charge is -2.22. The summed E-state index contributed by atoms with van der Waals surface area (Å²) in [5.41, 5.74) is 4.97. The number of aromatic hydroxyl groups is 1. The predicted molar refractivity (Wildman–Crippen MR) is 207 cm³/mol. The molecule has 2 fully saturated rings. The number of aromatic nitrogens is 7. The highest BCUT2D eigenvalue weighted by molar-refractivity contribution is 5.84. The molecule has 1 aliphatic carbocycles. The number of carbonyl (C=O) groups is 1. The van der Waals surface area contributed by atoms with Crippen molar-refractivity contribution in [2.45, 2.75) is 69.0 Å². The number of aliphatic hydroxyl groups is 2. The minimum Gasteiger partial charge on any atom is -0.508 e. The highest BCUT2D eigenvalue weighted by Gasteiger charge is 2.45. The lowest BCUT2D eigenvalue weighted by molar-refractivity contribution is 0.00497. The van der Waals surface area contributed by atoms with Crippen molar-refractivity contribution >= 4 is 29.0 Å². The average molecular weight is 744 g/mol. The average Bonchev–Trinajstić information content (AvgIpc) is 4.02. The number of benzene rings is 3. The zero-order chi connectivity index (χ0) is 37.9. The maximum Gasteiger partial charge on any atom is 0.315 e. The molecule has 4 heterocycles. The van der Waals surface area contributed by atoms with Gasteiger partial charge in [-0.05, 0) is 48.1 Å². The van der Waals surface area contributed by atoms with Crippen LogP contribution in [0.3, 0.4) is 0 Å².